The van der Waals surface area contributed by atoms with E-state index >= 15 is 0 Å². The van der Waals surface area contributed by atoms with Gasteiger partial charge < -0.3 is 9.67 Å². The van der Waals surface area contributed by atoms with Gasteiger partial charge in [-0.15, -0.1) is 11.3 Å². The highest BCUT2D eigenvalue weighted by atomic mass is 32.1. The van der Waals surface area contributed by atoms with E-state index in [4.69, 9.17) is 12.2 Å². The summed E-state index contributed by atoms with van der Waals surface area (Å²) in [6.07, 6.45) is 3.37. The zero-order valence-corrected chi connectivity index (χ0v) is 17.7. The molecule has 0 aliphatic heterocycles. The quantitative estimate of drug-likeness (QED) is 0.354. The van der Waals surface area contributed by atoms with Crippen molar-refractivity contribution in [2.75, 3.05) is 0 Å². The van der Waals surface area contributed by atoms with Crippen LogP contribution in [0.1, 0.15) is 25.6 Å². The Labute approximate surface area is 186 Å². The third-order valence-electron chi connectivity index (χ3n) is 5.08. The molecule has 0 N–H and O–H groups in total. The fourth-order valence-corrected chi connectivity index (χ4v) is 5.05. The Kier molecular flexibility index (Phi) is 4.69. The molecule has 150 valence electrons. The highest BCUT2D eigenvalue weighted by Gasteiger charge is 2.40. The van der Waals surface area contributed by atoms with Gasteiger partial charge in [0.05, 0.1) is 4.88 Å². The van der Waals surface area contributed by atoms with Gasteiger partial charge in [0, 0.05) is 28.9 Å². The molecule has 2 heterocycles. The molecule has 0 fully saturated rings. The molecule has 1 aliphatic rings. The maximum absolute atomic E-state index is 13.6. The number of hydrogen-bond acceptors (Lipinski definition) is 5. The lowest BCUT2D eigenvalue weighted by molar-refractivity contribution is -0.576. The highest BCUT2D eigenvalue weighted by molar-refractivity contribution is 7.73. The SMILES string of the molecule is O=C1C(c2sc(=S)n(-c3ccccc3)c2[O-])=C([n+]2ccccc2)C(=O)c2ccccc21. The van der Waals surface area contributed by atoms with Gasteiger partial charge in [-0.3, -0.25) is 9.59 Å². The van der Waals surface area contributed by atoms with Crippen LogP contribution in [0, 0.1) is 3.95 Å². The van der Waals surface area contributed by atoms with Crippen molar-refractivity contribution in [2.24, 2.45) is 0 Å². The van der Waals surface area contributed by atoms with E-state index in [1.54, 1.807) is 65.5 Å². The summed E-state index contributed by atoms with van der Waals surface area (Å²) in [5, 5.41) is 13.4. The molecular weight excluding hydrogens is 428 g/mol. The van der Waals surface area contributed by atoms with E-state index in [2.05, 4.69) is 0 Å². The first kappa shape index (κ1) is 19.3. The molecule has 0 spiro atoms. The topological polar surface area (TPSA) is 66.0 Å². The number of carbonyl (C=O) groups is 2. The summed E-state index contributed by atoms with van der Waals surface area (Å²) in [5.74, 6) is -1.09. The van der Waals surface area contributed by atoms with Crippen molar-refractivity contribution in [1.29, 1.82) is 0 Å². The summed E-state index contributed by atoms with van der Waals surface area (Å²) in [5.41, 5.74) is 1.45. The Morgan fingerprint density at radius 2 is 1.39 bits per heavy atom. The fraction of sp³-hybridized carbons (Fsp3) is 0. The molecule has 2 aromatic carbocycles. The van der Waals surface area contributed by atoms with Crippen molar-refractivity contribution in [3.05, 3.63) is 105 Å². The van der Waals surface area contributed by atoms with Crippen LogP contribution in [0.3, 0.4) is 0 Å². The van der Waals surface area contributed by atoms with Crippen LogP contribution in [-0.2, 0) is 0 Å². The molecule has 2 aromatic heterocycles. The Hall–Kier alpha value is -3.68. The smallest absolute Gasteiger partial charge is 0.271 e. The number of aromatic nitrogens is 2. The molecule has 5 rings (SSSR count). The average Bonchev–Trinajstić information content (AvgIpc) is 3.10. The minimum absolute atomic E-state index is 0.0793. The molecule has 0 bridgehead atoms. The van der Waals surface area contributed by atoms with Gasteiger partial charge in [0.25, 0.3) is 11.5 Å². The van der Waals surface area contributed by atoms with Gasteiger partial charge in [-0.2, -0.15) is 4.57 Å². The van der Waals surface area contributed by atoms with E-state index in [0.29, 0.717) is 15.2 Å². The van der Waals surface area contributed by atoms with E-state index in [9.17, 15) is 14.7 Å². The van der Waals surface area contributed by atoms with Crippen LogP contribution < -0.4 is 9.67 Å². The van der Waals surface area contributed by atoms with Crippen molar-refractivity contribution in [3.63, 3.8) is 0 Å². The summed E-state index contributed by atoms with van der Waals surface area (Å²) in [6.45, 7) is 0. The van der Waals surface area contributed by atoms with Gasteiger partial charge in [0.15, 0.2) is 16.3 Å². The molecule has 7 heteroatoms. The monoisotopic (exact) mass is 442 g/mol. The zero-order valence-electron chi connectivity index (χ0n) is 16.0. The van der Waals surface area contributed by atoms with Gasteiger partial charge in [0.2, 0.25) is 5.78 Å². The Morgan fingerprint density at radius 3 is 2.06 bits per heavy atom. The number of nitrogens with zero attached hydrogens (tertiary/aromatic N) is 2. The summed E-state index contributed by atoms with van der Waals surface area (Å²) < 4.78 is 3.30. The Balaban J connectivity index is 1.83. The fourth-order valence-electron chi connectivity index (χ4n) is 3.69. The van der Waals surface area contributed by atoms with E-state index < -0.39 is 5.88 Å². The van der Waals surface area contributed by atoms with E-state index in [1.807, 2.05) is 24.3 Å². The number of carbonyl (C=O) groups excluding carboxylic acids is 2. The van der Waals surface area contributed by atoms with Crippen LogP contribution in [-0.4, -0.2) is 16.1 Å². The third-order valence-corrected chi connectivity index (χ3v) is 6.45. The number of para-hydroxylation sites is 1. The lowest BCUT2D eigenvalue weighted by atomic mass is 9.86. The normalized spacial score (nSPS) is 13.4. The molecular formula is C24H14N2O3S2. The van der Waals surface area contributed by atoms with Gasteiger partial charge in [-0.1, -0.05) is 48.5 Å². The number of allylic oxidation sites excluding steroid dienone is 2. The number of fused-ring (bicyclic) bond motifs is 1. The molecule has 0 saturated carbocycles. The predicted octanol–water partition coefficient (Wildman–Crippen LogP) is 4.08. The van der Waals surface area contributed by atoms with Crippen LogP contribution in [0.4, 0.5) is 0 Å². The van der Waals surface area contributed by atoms with Crippen molar-refractivity contribution >= 4 is 46.4 Å². The number of hydrogen-bond donors (Lipinski definition) is 0. The minimum atomic E-state index is -0.411. The lowest BCUT2D eigenvalue weighted by Gasteiger charge is -2.19. The summed E-state index contributed by atoms with van der Waals surface area (Å²) in [4.78, 5) is 27.2. The summed E-state index contributed by atoms with van der Waals surface area (Å²) in [7, 11) is 0. The molecule has 0 atom stereocenters. The second-order valence-electron chi connectivity index (χ2n) is 6.88. The third kappa shape index (κ3) is 3.06. The number of ketones is 2. The standard InChI is InChI=1S/C24H14N2O3S2/c27-20-16-11-5-6-12-17(16)21(28)19(25-13-7-2-8-14-25)18(20)22-23(29)26(24(30)31-22)15-9-3-1-4-10-15/h1-14H. The van der Waals surface area contributed by atoms with Crippen LogP contribution in [0.25, 0.3) is 17.0 Å². The first-order valence-electron chi connectivity index (χ1n) is 9.46. The van der Waals surface area contributed by atoms with E-state index in [0.717, 1.165) is 11.3 Å². The number of thiazole rings is 1. The van der Waals surface area contributed by atoms with Crippen molar-refractivity contribution in [2.45, 2.75) is 0 Å². The molecule has 0 saturated heterocycles. The first-order chi connectivity index (χ1) is 15.1. The van der Waals surface area contributed by atoms with E-state index in [-0.39, 0.29) is 33.3 Å². The Bertz CT molecular complexity index is 1430. The van der Waals surface area contributed by atoms with Crippen LogP contribution in [0.5, 0.6) is 5.88 Å². The molecule has 31 heavy (non-hydrogen) atoms. The van der Waals surface area contributed by atoms with Crippen molar-refractivity contribution < 1.29 is 19.3 Å². The molecule has 0 unspecified atom stereocenters. The number of Topliss-reactive ketones (excluding diaryl/α,β-unsaturated/α-hetero) is 2. The van der Waals surface area contributed by atoms with Crippen molar-refractivity contribution in [1.82, 2.24) is 4.57 Å². The predicted molar refractivity (Wildman–Crippen MR) is 119 cm³/mol. The number of rotatable bonds is 3. The first-order valence-corrected chi connectivity index (χ1v) is 10.7. The van der Waals surface area contributed by atoms with Crippen LogP contribution in [0.2, 0.25) is 0 Å². The van der Waals surface area contributed by atoms with Crippen LogP contribution in [0.15, 0.2) is 85.2 Å². The Morgan fingerprint density at radius 1 is 0.806 bits per heavy atom. The second-order valence-corrected chi connectivity index (χ2v) is 8.53. The summed E-state index contributed by atoms with van der Waals surface area (Å²) >= 11 is 6.51. The number of pyridine rings is 1. The van der Waals surface area contributed by atoms with Gasteiger partial charge in [-0.05, 0) is 30.2 Å². The lowest BCUT2D eigenvalue weighted by Crippen LogP contribution is -2.40. The maximum Gasteiger partial charge on any atom is 0.271 e. The van der Waals surface area contributed by atoms with Gasteiger partial charge in [0.1, 0.15) is 5.57 Å². The zero-order chi connectivity index (χ0) is 21.5. The van der Waals surface area contributed by atoms with Gasteiger partial charge in [-0.25, -0.2) is 0 Å². The van der Waals surface area contributed by atoms with Crippen molar-refractivity contribution in [3.8, 4) is 11.6 Å². The van der Waals surface area contributed by atoms with E-state index in [1.165, 1.54) is 4.57 Å². The molecule has 4 aromatic rings. The minimum Gasteiger partial charge on any atom is -0.859 e. The summed E-state index contributed by atoms with van der Waals surface area (Å²) in [6, 6.07) is 21.0. The maximum atomic E-state index is 13.6. The van der Waals surface area contributed by atoms with Crippen LogP contribution >= 0.6 is 23.6 Å². The molecule has 0 amide bonds. The largest absolute Gasteiger partial charge is 0.859 e. The highest BCUT2D eigenvalue weighted by Crippen LogP contribution is 2.40. The molecule has 1 aliphatic carbocycles. The average molecular weight is 443 g/mol. The molecule has 5 nitrogen and oxygen atoms in total. The van der Waals surface area contributed by atoms with Gasteiger partial charge >= 0.3 is 0 Å². The second kappa shape index (κ2) is 7.54. The number of benzene rings is 2. The molecule has 0 radical (unpaired) electrons.